The molecule has 6 heteroatoms. The standard InChI is InChI=1S/C14H20N2O3S/c1-12(2)11-19-10-9-16-20(17,18)14-5-3-13(4-6-14)7-8-15/h3-6,12,16H,7,9-11H2,1-2H3. The van der Waals surface area contributed by atoms with Crippen molar-refractivity contribution in [3.63, 3.8) is 0 Å². The molecule has 1 aromatic rings. The van der Waals surface area contributed by atoms with Gasteiger partial charge in [0.15, 0.2) is 0 Å². The van der Waals surface area contributed by atoms with E-state index in [0.717, 1.165) is 5.56 Å². The van der Waals surface area contributed by atoms with Gasteiger partial charge in [-0.05, 0) is 23.6 Å². The van der Waals surface area contributed by atoms with Gasteiger partial charge in [-0.1, -0.05) is 26.0 Å². The second kappa shape index (κ2) is 8.00. The molecule has 0 aliphatic carbocycles. The lowest BCUT2D eigenvalue weighted by atomic mass is 10.2. The van der Waals surface area contributed by atoms with Gasteiger partial charge in [-0.25, -0.2) is 13.1 Å². The molecule has 0 unspecified atom stereocenters. The van der Waals surface area contributed by atoms with Crippen molar-refractivity contribution in [2.24, 2.45) is 5.92 Å². The molecule has 1 rings (SSSR count). The number of ether oxygens (including phenoxy) is 1. The smallest absolute Gasteiger partial charge is 0.240 e. The first-order valence-electron chi connectivity index (χ1n) is 6.49. The Labute approximate surface area is 120 Å². The summed E-state index contributed by atoms with van der Waals surface area (Å²) in [5.41, 5.74) is 0.798. The Morgan fingerprint density at radius 3 is 2.50 bits per heavy atom. The average Bonchev–Trinajstić information content (AvgIpc) is 2.39. The minimum Gasteiger partial charge on any atom is -0.380 e. The molecule has 1 aromatic carbocycles. The molecule has 0 amide bonds. The first-order valence-corrected chi connectivity index (χ1v) is 7.97. The molecule has 20 heavy (non-hydrogen) atoms. The van der Waals surface area contributed by atoms with Crippen molar-refractivity contribution in [1.29, 1.82) is 5.26 Å². The average molecular weight is 296 g/mol. The highest BCUT2D eigenvalue weighted by atomic mass is 32.2. The highest BCUT2D eigenvalue weighted by Gasteiger charge is 2.12. The Kier molecular flexibility index (Phi) is 6.65. The molecule has 0 bridgehead atoms. The fraction of sp³-hybridized carbons (Fsp3) is 0.500. The molecule has 0 saturated heterocycles. The van der Waals surface area contributed by atoms with Crippen molar-refractivity contribution in [3.8, 4) is 6.07 Å². The molecule has 0 fully saturated rings. The quantitative estimate of drug-likeness (QED) is 0.741. The molecule has 0 atom stereocenters. The van der Waals surface area contributed by atoms with Crippen molar-refractivity contribution < 1.29 is 13.2 Å². The van der Waals surface area contributed by atoms with E-state index in [1.54, 1.807) is 12.1 Å². The van der Waals surface area contributed by atoms with Crippen LogP contribution in [0.4, 0.5) is 0 Å². The van der Waals surface area contributed by atoms with Crippen molar-refractivity contribution in [1.82, 2.24) is 4.72 Å². The van der Waals surface area contributed by atoms with Gasteiger partial charge in [-0.15, -0.1) is 0 Å². The first kappa shape index (κ1) is 16.6. The Hall–Kier alpha value is -1.42. The van der Waals surface area contributed by atoms with Gasteiger partial charge in [0.1, 0.15) is 0 Å². The third-order valence-corrected chi connectivity index (χ3v) is 3.98. The van der Waals surface area contributed by atoms with Crippen LogP contribution in [0, 0.1) is 17.2 Å². The van der Waals surface area contributed by atoms with Crippen LogP contribution < -0.4 is 4.72 Å². The van der Waals surface area contributed by atoms with Gasteiger partial charge in [-0.3, -0.25) is 0 Å². The third-order valence-electron chi connectivity index (χ3n) is 2.51. The minimum absolute atomic E-state index is 0.197. The molecule has 0 aromatic heterocycles. The van der Waals surface area contributed by atoms with E-state index in [1.165, 1.54) is 12.1 Å². The lowest BCUT2D eigenvalue weighted by molar-refractivity contribution is 0.114. The number of rotatable bonds is 8. The van der Waals surface area contributed by atoms with E-state index in [4.69, 9.17) is 10.00 Å². The maximum atomic E-state index is 12.0. The second-order valence-corrected chi connectivity index (χ2v) is 6.61. The molecule has 0 saturated carbocycles. The fourth-order valence-corrected chi connectivity index (χ4v) is 2.54. The van der Waals surface area contributed by atoms with Gasteiger partial charge in [-0.2, -0.15) is 5.26 Å². The summed E-state index contributed by atoms with van der Waals surface area (Å²) in [6.07, 6.45) is 0.275. The Morgan fingerprint density at radius 1 is 1.30 bits per heavy atom. The van der Waals surface area contributed by atoms with Crippen LogP contribution in [0.3, 0.4) is 0 Å². The molecular formula is C14H20N2O3S. The molecule has 0 aliphatic heterocycles. The summed E-state index contributed by atoms with van der Waals surface area (Å²) in [5.74, 6) is 0.430. The summed E-state index contributed by atoms with van der Waals surface area (Å²) in [6.45, 7) is 5.28. The molecule has 110 valence electrons. The Bertz CT molecular complexity index is 545. The molecule has 0 heterocycles. The van der Waals surface area contributed by atoms with E-state index in [0.29, 0.717) is 19.1 Å². The van der Waals surface area contributed by atoms with Crippen LogP contribution in [0.15, 0.2) is 29.2 Å². The maximum Gasteiger partial charge on any atom is 0.240 e. The zero-order valence-corrected chi connectivity index (χ0v) is 12.6. The first-order chi connectivity index (χ1) is 9.45. The van der Waals surface area contributed by atoms with Crippen LogP contribution in [0.2, 0.25) is 0 Å². The van der Waals surface area contributed by atoms with Crippen LogP contribution in [0.5, 0.6) is 0 Å². The van der Waals surface area contributed by atoms with Crippen LogP contribution in [-0.4, -0.2) is 28.2 Å². The molecule has 0 spiro atoms. The van der Waals surface area contributed by atoms with Crippen LogP contribution in [-0.2, 0) is 21.2 Å². The van der Waals surface area contributed by atoms with E-state index in [-0.39, 0.29) is 17.9 Å². The van der Waals surface area contributed by atoms with E-state index in [9.17, 15) is 8.42 Å². The highest BCUT2D eigenvalue weighted by molar-refractivity contribution is 7.89. The maximum absolute atomic E-state index is 12.0. The second-order valence-electron chi connectivity index (χ2n) is 4.85. The summed E-state index contributed by atoms with van der Waals surface area (Å²) in [4.78, 5) is 0.197. The van der Waals surface area contributed by atoms with Crippen molar-refractivity contribution in [3.05, 3.63) is 29.8 Å². The topological polar surface area (TPSA) is 79.2 Å². The zero-order valence-electron chi connectivity index (χ0n) is 11.8. The van der Waals surface area contributed by atoms with Crippen molar-refractivity contribution in [2.45, 2.75) is 25.2 Å². The summed E-state index contributed by atoms with van der Waals surface area (Å²) in [7, 11) is -3.51. The molecule has 1 N–H and O–H groups in total. The van der Waals surface area contributed by atoms with Crippen LogP contribution >= 0.6 is 0 Å². The van der Waals surface area contributed by atoms with Gasteiger partial charge in [0.2, 0.25) is 10.0 Å². The SMILES string of the molecule is CC(C)COCCNS(=O)(=O)c1ccc(CC#N)cc1. The number of sulfonamides is 1. The number of nitrogens with one attached hydrogen (secondary N) is 1. The molecule has 5 nitrogen and oxygen atoms in total. The zero-order chi connectivity index (χ0) is 15.0. The normalized spacial score (nSPS) is 11.5. The molecular weight excluding hydrogens is 276 g/mol. The summed E-state index contributed by atoms with van der Waals surface area (Å²) < 4.78 is 31.7. The van der Waals surface area contributed by atoms with Gasteiger partial charge >= 0.3 is 0 Å². The Balaban J connectivity index is 2.50. The Morgan fingerprint density at radius 2 is 1.95 bits per heavy atom. The molecule has 0 radical (unpaired) electrons. The minimum atomic E-state index is -3.51. The third kappa shape index (κ3) is 5.70. The van der Waals surface area contributed by atoms with Crippen molar-refractivity contribution in [2.75, 3.05) is 19.8 Å². The van der Waals surface area contributed by atoms with E-state index in [1.807, 2.05) is 19.9 Å². The number of benzene rings is 1. The predicted octanol–water partition coefficient (Wildman–Crippen LogP) is 1.70. The highest BCUT2D eigenvalue weighted by Crippen LogP contribution is 2.10. The van der Waals surface area contributed by atoms with Crippen molar-refractivity contribution >= 4 is 10.0 Å². The van der Waals surface area contributed by atoms with Gasteiger partial charge in [0.05, 0.1) is 24.0 Å². The number of hydrogen-bond donors (Lipinski definition) is 1. The number of nitrogens with zero attached hydrogens (tertiary/aromatic N) is 1. The summed E-state index contributed by atoms with van der Waals surface area (Å²) in [6, 6.07) is 8.32. The van der Waals surface area contributed by atoms with E-state index < -0.39 is 10.0 Å². The number of hydrogen-bond acceptors (Lipinski definition) is 4. The predicted molar refractivity (Wildman–Crippen MR) is 76.6 cm³/mol. The van der Waals surface area contributed by atoms with Gasteiger partial charge in [0.25, 0.3) is 0 Å². The summed E-state index contributed by atoms with van der Waals surface area (Å²) >= 11 is 0. The fourth-order valence-electron chi connectivity index (χ4n) is 1.53. The van der Waals surface area contributed by atoms with Crippen LogP contribution in [0.25, 0.3) is 0 Å². The lowest BCUT2D eigenvalue weighted by Gasteiger charge is -2.09. The lowest BCUT2D eigenvalue weighted by Crippen LogP contribution is -2.27. The van der Waals surface area contributed by atoms with E-state index in [2.05, 4.69) is 4.72 Å². The largest absolute Gasteiger partial charge is 0.380 e. The molecule has 0 aliphatic rings. The van der Waals surface area contributed by atoms with Gasteiger partial charge < -0.3 is 4.74 Å². The van der Waals surface area contributed by atoms with Gasteiger partial charge in [0, 0.05) is 13.2 Å². The summed E-state index contributed by atoms with van der Waals surface area (Å²) in [5, 5.41) is 8.56. The van der Waals surface area contributed by atoms with Crippen LogP contribution in [0.1, 0.15) is 19.4 Å². The number of nitriles is 1. The monoisotopic (exact) mass is 296 g/mol. The van der Waals surface area contributed by atoms with E-state index >= 15 is 0 Å².